The number of nitrogens with zero attached hydrogens (tertiary/aromatic N) is 1. The quantitative estimate of drug-likeness (QED) is 0.499. The second-order valence-corrected chi connectivity index (χ2v) is 3.90. The fourth-order valence-corrected chi connectivity index (χ4v) is 1.62. The molecule has 0 aromatic heterocycles. The Morgan fingerprint density at radius 1 is 1.69 bits per heavy atom. The van der Waals surface area contributed by atoms with Crippen LogP contribution in [0.2, 0.25) is 0 Å². The molecule has 3 heteroatoms. The van der Waals surface area contributed by atoms with Crippen molar-refractivity contribution in [2.75, 3.05) is 19.3 Å². The van der Waals surface area contributed by atoms with Gasteiger partial charge in [-0.05, 0) is 24.5 Å². The molecule has 0 radical (unpaired) electrons. The van der Waals surface area contributed by atoms with Gasteiger partial charge in [-0.1, -0.05) is 12.2 Å². The van der Waals surface area contributed by atoms with Crippen molar-refractivity contribution in [3.8, 4) is 0 Å². The van der Waals surface area contributed by atoms with Gasteiger partial charge in [0.1, 0.15) is 0 Å². The van der Waals surface area contributed by atoms with Gasteiger partial charge < -0.3 is 4.90 Å². The Morgan fingerprint density at radius 2 is 2.46 bits per heavy atom. The molecule has 0 N–H and O–H groups in total. The number of piperidine rings is 1. The Kier molecular flexibility index (Phi) is 4.09. The highest BCUT2D eigenvalue weighted by molar-refractivity contribution is 8.01. The molecule has 0 spiro atoms. The van der Waals surface area contributed by atoms with Crippen molar-refractivity contribution < 1.29 is 4.79 Å². The van der Waals surface area contributed by atoms with E-state index in [0.29, 0.717) is 0 Å². The van der Waals surface area contributed by atoms with E-state index in [1.165, 1.54) is 0 Å². The van der Waals surface area contributed by atoms with Crippen molar-refractivity contribution in [3.63, 3.8) is 0 Å². The molecule has 0 aliphatic carbocycles. The van der Waals surface area contributed by atoms with Crippen LogP contribution >= 0.6 is 11.8 Å². The predicted octanol–water partition coefficient (Wildman–Crippen LogP) is 2.04. The summed E-state index contributed by atoms with van der Waals surface area (Å²) in [5.74, 6) is 0.107. The van der Waals surface area contributed by atoms with E-state index < -0.39 is 0 Å². The predicted molar refractivity (Wildman–Crippen MR) is 57.6 cm³/mol. The van der Waals surface area contributed by atoms with Crippen molar-refractivity contribution in [2.24, 2.45) is 0 Å². The van der Waals surface area contributed by atoms with Crippen LogP contribution in [0.4, 0.5) is 0 Å². The van der Waals surface area contributed by atoms with E-state index in [1.54, 1.807) is 17.8 Å². The van der Waals surface area contributed by atoms with Crippen LogP contribution in [0, 0.1) is 0 Å². The molecular formula is C10H15NOS. The van der Waals surface area contributed by atoms with Gasteiger partial charge in [0.15, 0.2) is 0 Å². The maximum Gasteiger partial charge on any atom is 0.247 e. The van der Waals surface area contributed by atoms with Crippen molar-refractivity contribution in [1.82, 2.24) is 4.90 Å². The third kappa shape index (κ3) is 3.27. The van der Waals surface area contributed by atoms with Gasteiger partial charge in [-0.25, -0.2) is 0 Å². The van der Waals surface area contributed by atoms with E-state index in [9.17, 15) is 4.79 Å². The third-order valence-corrected chi connectivity index (χ3v) is 2.44. The van der Waals surface area contributed by atoms with E-state index in [1.807, 2.05) is 16.6 Å². The molecule has 0 atom stereocenters. The molecule has 0 saturated carbocycles. The van der Waals surface area contributed by atoms with Gasteiger partial charge >= 0.3 is 0 Å². The molecule has 13 heavy (non-hydrogen) atoms. The lowest BCUT2D eigenvalue weighted by Gasteiger charge is -2.27. The largest absolute Gasteiger partial charge is 0.335 e. The number of amides is 1. The first-order valence-electron chi connectivity index (χ1n) is 4.39. The Bertz CT molecular complexity index is 235. The fraction of sp³-hybridized carbons (Fsp3) is 0.500. The average molecular weight is 197 g/mol. The third-order valence-electron chi connectivity index (χ3n) is 2.03. The van der Waals surface area contributed by atoms with Gasteiger partial charge in [-0.2, -0.15) is 0 Å². The Morgan fingerprint density at radius 3 is 3.08 bits per heavy atom. The highest BCUT2D eigenvalue weighted by Gasteiger charge is 2.15. The normalized spacial score (nSPS) is 18.2. The van der Waals surface area contributed by atoms with Gasteiger partial charge in [0.25, 0.3) is 0 Å². The number of thioether (sulfide) groups is 1. The zero-order valence-corrected chi connectivity index (χ0v) is 8.77. The molecule has 1 aliphatic rings. The summed E-state index contributed by atoms with van der Waals surface area (Å²) in [5.41, 5.74) is 1.16. The lowest BCUT2D eigenvalue weighted by atomic mass is 10.1. The summed E-state index contributed by atoms with van der Waals surface area (Å²) in [7, 11) is 0. The zero-order valence-electron chi connectivity index (χ0n) is 7.95. The van der Waals surface area contributed by atoms with Gasteiger partial charge in [0, 0.05) is 19.2 Å². The second kappa shape index (κ2) is 5.12. The lowest BCUT2D eigenvalue weighted by molar-refractivity contribution is -0.126. The minimum Gasteiger partial charge on any atom is -0.335 e. The highest BCUT2D eigenvalue weighted by atomic mass is 32.2. The van der Waals surface area contributed by atoms with Gasteiger partial charge in [0.2, 0.25) is 5.91 Å². The minimum absolute atomic E-state index is 0.107. The molecule has 1 saturated heterocycles. The van der Waals surface area contributed by atoms with Gasteiger partial charge in [0.05, 0.1) is 0 Å². The molecular weight excluding hydrogens is 182 g/mol. The van der Waals surface area contributed by atoms with Crippen LogP contribution in [0.1, 0.15) is 12.8 Å². The fourth-order valence-electron chi connectivity index (χ4n) is 1.37. The summed E-state index contributed by atoms with van der Waals surface area (Å²) in [6.07, 6.45) is 5.69. The van der Waals surface area contributed by atoms with E-state index in [-0.39, 0.29) is 5.91 Å². The molecule has 72 valence electrons. The summed E-state index contributed by atoms with van der Waals surface area (Å²) in [6.45, 7) is 5.51. The van der Waals surface area contributed by atoms with Crippen LogP contribution in [0.25, 0.3) is 0 Å². The van der Waals surface area contributed by atoms with Crippen LogP contribution in [-0.2, 0) is 4.79 Å². The average Bonchev–Trinajstić information content (AvgIpc) is 2.14. The molecule has 0 bridgehead atoms. The molecule has 0 unspecified atom stereocenters. The molecule has 1 aliphatic heterocycles. The van der Waals surface area contributed by atoms with Crippen LogP contribution in [0.5, 0.6) is 0 Å². The topological polar surface area (TPSA) is 20.3 Å². The summed E-state index contributed by atoms with van der Waals surface area (Å²) >= 11 is 1.54. The molecule has 1 heterocycles. The van der Waals surface area contributed by atoms with Crippen molar-refractivity contribution in [3.05, 3.63) is 23.6 Å². The van der Waals surface area contributed by atoms with Crippen LogP contribution < -0.4 is 0 Å². The maximum atomic E-state index is 11.5. The van der Waals surface area contributed by atoms with Gasteiger partial charge in [-0.15, -0.1) is 11.8 Å². The second-order valence-electron chi connectivity index (χ2n) is 3.15. The highest BCUT2D eigenvalue weighted by Crippen LogP contribution is 2.13. The van der Waals surface area contributed by atoms with Crippen LogP contribution in [0.15, 0.2) is 23.6 Å². The Balaban J connectivity index is 2.46. The number of carbonyl (C=O) groups is 1. The molecule has 1 amide bonds. The van der Waals surface area contributed by atoms with E-state index in [4.69, 9.17) is 0 Å². The SMILES string of the molecule is C=C1CCCN(C(=O)/C=C/SC)C1. The molecule has 1 rings (SSSR count). The molecule has 0 aromatic carbocycles. The zero-order chi connectivity index (χ0) is 9.68. The molecule has 2 nitrogen and oxygen atoms in total. The first-order valence-corrected chi connectivity index (χ1v) is 5.67. The van der Waals surface area contributed by atoms with E-state index in [0.717, 1.165) is 31.5 Å². The Labute approximate surface area is 83.7 Å². The van der Waals surface area contributed by atoms with E-state index in [2.05, 4.69) is 6.58 Å². The summed E-state index contributed by atoms with van der Waals surface area (Å²) < 4.78 is 0. The number of hydrogen-bond acceptors (Lipinski definition) is 2. The monoisotopic (exact) mass is 197 g/mol. The first kappa shape index (κ1) is 10.4. The first-order chi connectivity index (χ1) is 6.24. The number of rotatable bonds is 2. The number of carbonyl (C=O) groups excluding carboxylic acids is 1. The summed E-state index contributed by atoms with van der Waals surface area (Å²) in [6, 6.07) is 0. The standard InChI is InChI=1S/C10H15NOS/c1-9-4-3-6-11(8-9)10(12)5-7-13-2/h5,7H,1,3-4,6,8H2,2H3/b7-5+. The van der Waals surface area contributed by atoms with Crippen LogP contribution in [0.3, 0.4) is 0 Å². The number of hydrogen-bond donors (Lipinski definition) is 0. The van der Waals surface area contributed by atoms with Crippen molar-refractivity contribution in [1.29, 1.82) is 0 Å². The lowest BCUT2D eigenvalue weighted by Crippen LogP contribution is -2.35. The maximum absolute atomic E-state index is 11.5. The Hall–Kier alpha value is -0.700. The summed E-state index contributed by atoms with van der Waals surface area (Å²) in [5, 5.41) is 1.82. The van der Waals surface area contributed by atoms with Crippen molar-refractivity contribution in [2.45, 2.75) is 12.8 Å². The van der Waals surface area contributed by atoms with Crippen LogP contribution in [-0.4, -0.2) is 30.2 Å². The van der Waals surface area contributed by atoms with Crippen molar-refractivity contribution >= 4 is 17.7 Å². The van der Waals surface area contributed by atoms with Gasteiger partial charge in [-0.3, -0.25) is 4.79 Å². The number of likely N-dealkylation sites (tertiary alicyclic amines) is 1. The minimum atomic E-state index is 0.107. The van der Waals surface area contributed by atoms with E-state index >= 15 is 0 Å². The molecule has 0 aromatic rings. The smallest absolute Gasteiger partial charge is 0.247 e. The summed E-state index contributed by atoms with van der Waals surface area (Å²) in [4.78, 5) is 13.3. The molecule has 1 fully saturated rings.